The molecule has 5 nitrogen and oxygen atoms in total. The number of halogens is 8. The topological polar surface area (TPSA) is 72.5 Å². The highest BCUT2D eigenvalue weighted by Crippen LogP contribution is 2.49. The van der Waals surface area contributed by atoms with Gasteiger partial charge in [-0.25, -0.2) is 17.5 Å². The molecular weight excluding hydrogens is 567 g/mol. The summed E-state index contributed by atoms with van der Waals surface area (Å²) in [6.07, 6.45) is -14.8. The number of benzene rings is 2. The Morgan fingerprint density at radius 1 is 0.921 bits per heavy atom. The van der Waals surface area contributed by atoms with Crippen LogP contribution in [0.5, 0.6) is 0 Å². The molecule has 0 radical (unpaired) electrons. The summed E-state index contributed by atoms with van der Waals surface area (Å²) >= 11 is 5.76. The molecule has 0 aliphatic carbocycles. The highest BCUT2D eigenvalue weighted by molar-refractivity contribution is 7.89. The summed E-state index contributed by atoms with van der Waals surface area (Å²) in [5.74, 6) is -0.403. The summed E-state index contributed by atoms with van der Waals surface area (Å²) < 4.78 is 124. The Labute approximate surface area is 220 Å². The number of sulfonamides is 1. The van der Waals surface area contributed by atoms with Crippen LogP contribution in [0, 0.1) is 0 Å². The van der Waals surface area contributed by atoms with Crippen LogP contribution >= 0.6 is 11.6 Å². The normalized spacial score (nSPS) is 13.8. The number of carbonyl (C=O) groups excluding carboxylic acids is 1. The number of methoxy groups -OCH3 is 1. The number of esters is 1. The second kappa shape index (κ2) is 12.6. The van der Waals surface area contributed by atoms with E-state index in [-0.39, 0.29) is 21.9 Å². The van der Waals surface area contributed by atoms with E-state index in [1.165, 1.54) is 43.5 Å². The van der Waals surface area contributed by atoms with E-state index in [4.69, 9.17) is 11.6 Å². The third-order valence-electron chi connectivity index (χ3n) is 5.79. The van der Waals surface area contributed by atoms with Gasteiger partial charge in [0.25, 0.3) is 5.67 Å². The molecule has 0 fully saturated rings. The van der Waals surface area contributed by atoms with Crippen molar-refractivity contribution in [2.75, 3.05) is 7.11 Å². The molecule has 2 aromatic rings. The Bertz CT molecular complexity index is 1150. The number of hydrogen-bond donors (Lipinski definition) is 1. The van der Waals surface area contributed by atoms with Gasteiger partial charge in [0.15, 0.2) is 0 Å². The zero-order valence-corrected chi connectivity index (χ0v) is 21.6. The number of alkyl halides is 7. The van der Waals surface area contributed by atoms with E-state index in [1.807, 2.05) is 0 Å². The van der Waals surface area contributed by atoms with Crippen LogP contribution in [0.2, 0.25) is 5.02 Å². The Hall–Kier alpha value is -2.38. The van der Waals surface area contributed by atoms with Gasteiger partial charge in [-0.1, -0.05) is 35.9 Å². The third-order valence-corrected chi connectivity index (χ3v) is 7.53. The summed E-state index contributed by atoms with van der Waals surface area (Å²) in [6.45, 7) is 0. The summed E-state index contributed by atoms with van der Waals surface area (Å²) in [5, 5.41) is 0.238. The van der Waals surface area contributed by atoms with Gasteiger partial charge in [-0.2, -0.15) is 26.3 Å². The number of rotatable bonds is 12. The summed E-state index contributed by atoms with van der Waals surface area (Å²) in [6, 6.07) is 9.74. The third kappa shape index (κ3) is 8.31. The van der Waals surface area contributed by atoms with Gasteiger partial charge in [-0.05, 0) is 67.5 Å². The summed E-state index contributed by atoms with van der Waals surface area (Å²) in [7, 11) is -3.03. The largest absolute Gasteiger partial charge is 0.469 e. The van der Waals surface area contributed by atoms with Crippen LogP contribution in [0.25, 0.3) is 0 Å². The fraction of sp³-hybridized carbons (Fsp3) is 0.458. The Kier molecular flexibility index (Phi) is 10.6. The first kappa shape index (κ1) is 31.8. The standard InChI is InChI=1S/C24H25ClF7NO4S/c1-37-21(34)6-2-4-16-7-9-17(10-8-16)20(33-38(35,36)19-13-11-18(25)12-14-19)5-3-15-22(26,23(27,28)29)24(30,31)32/h7-14,20,33H,2-6,15H2,1H3. The quantitative estimate of drug-likeness (QED) is 0.216. The molecule has 1 N–H and O–H groups in total. The summed E-state index contributed by atoms with van der Waals surface area (Å²) in [5.41, 5.74) is -4.46. The smallest absolute Gasteiger partial charge is 0.431 e. The lowest BCUT2D eigenvalue weighted by Crippen LogP contribution is -2.53. The second-order valence-electron chi connectivity index (χ2n) is 8.49. The number of carbonyl (C=O) groups is 1. The predicted molar refractivity (Wildman–Crippen MR) is 126 cm³/mol. The van der Waals surface area contributed by atoms with Crippen LogP contribution in [0.3, 0.4) is 0 Å². The van der Waals surface area contributed by atoms with E-state index >= 15 is 0 Å². The van der Waals surface area contributed by atoms with Gasteiger partial charge >= 0.3 is 18.3 Å². The van der Waals surface area contributed by atoms with Gasteiger partial charge in [0.05, 0.1) is 12.0 Å². The lowest BCUT2D eigenvalue weighted by Gasteiger charge is -2.30. The van der Waals surface area contributed by atoms with Crippen molar-refractivity contribution >= 4 is 27.6 Å². The Balaban J connectivity index is 2.27. The monoisotopic (exact) mass is 591 g/mol. The van der Waals surface area contributed by atoms with Crippen LogP contribution in [0.4, 0.5) is 30.7 Å². The average molecular weight is 592 g/mol. The molecule has 0 aliphatic rings. The van der Waals surface area contributed by atoms with Crippen molar-refractivity contribution in [2.24, 2.45) is 0 Å². The van der Waals surface area contributed by atoms with Crippen LogP contribution < -0.4 is 4.72 Å². The van der Waals surface area contributed by atoms with Crippen LogP contribution in [-0.4, -0.2) is 39.5 Å². The van der Waals surface area contributed by atoms with E-state index in [2.05, 4.69) is 9.46 Å². The molecule has 0 bridgehead atoms. The number of nitrogens with one attached hydrogen (secondary N) is 1. The van der Waals surface area contributed by atoms with Gasteiger partial charge in [-0.3, -0.25) is 4.79 Å². The van der Waals surface area contributed by atoms with Crippen molar-refractivity contribution < 1.29 is 48.7 Å². The lowest BCUT2D eigenvalue weighted by molar-refractivity contribution is -0.343. The van der Waals surface area contributed by atoms with Gasteiger partial charge in [0, 0.05) is 17.5 Å². The maximum atomic E-state index is 14.1. The first-order valence-electron chi connectivity index (χ1n) is 11.3. The molecule has 1 atom stereocenters. The molecule has 0 spiro atoms. The molecule has 1 unspecified atom stereocenters. The minimum Gasteiger partial charge on any atom is -0.469 e. The van der Waals surface area contributed by atoms with E-state index in [0.29, 0.717) is 12.8 Å². The molecule has 0 aliphatic heterocycles. The molecule has 2 rings (SSSR count). The van der Waals surface area contributed by atoms with Crippen molar-refractivity contribution in [1.29, 1.82) is 0 Å². The maximum Gasteiger partial charge on any atom is 0.431 e. The minimum atomic E-state index is -6.20. The highest BCUT2D eigenvalue weighted by atomic mass is 35.5. The zero-order chi connectivity index (χ0) is 28.8. The lowest BCUT2D eigenvalue weighted by atomic mass is 9.93. The predicted octanol–water partition coefficient (Wildman–Crippen LogP) is 6.86. The first-order valence-corrected chi connectivity index (χ1v) is 13.1. The molecule has 0 saturated heterocycles. The van der Waals surface area contributed by atoms with Crippen molar-refractivity contribution in [3.05, 3.63) is 64.7 Å². The number of aryl methyl sites for hydroxylation is 1. The number of hydrogen-bond acceptors (Lipinski definition) is 4. The Morgan fingerprint density at radius 2 is 1.47 bits per heavy atom. The molecule has 0 amide bonds. The molecular formula is C24H25ClF7NO4S. The van der Waals surface area contributed by atoms with Crippen LogP contribution in [0.15, 0.2) is 53.4 Å². The van der Waals surface area contributed by atoms with Gasteiger partial charge < -0.3 is 4.74 Å². The van der Waals surface area contributed by atoms with Crippen molar-refractivity contribution in [3.63, 3.8) is 0 Å². The molecule has 0 heterocycles. The molecule has 14 heteroatoms. The first-order chi connectivity index (χ1) is 17.5. The van der Waals surface area contributed by atoms with Crippen LogP contribution in [-0.2, 0) is 26.0 Å². The van der Waals surface area contributed by atoms with Crippen molar-refractivity contribution in [3.8, 4) is 0 Å². The minimum absolute atomic E-state index is 0.158. The van der Waals surface area contributed by atoms with Crippen LogP contribution in [0.1, 0.15) is 49.3 Å². The molecule has 2 aromatic carbocycles. The van der Waals surface area contributed by atoms with Gasteiger partial charge in [0.1, 0.15) is 0 Å². The van der Waals surface area contributed by atoms with E-state index in [0.717, 1.165) is 5.56 Å². The van der Waals surface area contributed by atoms with E-state index < -0.39 is 59.3 Å². The SMILES string of the molecule is COC(=O)CCCc1ccc(C(CCCC(F)(C(F)(F)F)C(F)(F)F)NS(=O)(=O)c2ccc(Cl)cc2)cc1. The average Bonchev–Trinajstić information content (AvgIpc) is 2.82. The number of ether oxygens (including phenoxy) is 1. The van der Waals surface area contributed by atoms with Gasteiger partial charge in [-0.15, -0.1) is 0 Å². The fourth-order valence-electron chi connectivity index (χ4n) is 3.61. The molecule has 212 valence electrons. The van der Waals surface area contributed by atoms with E-state index in [1.54, 1.807) is 12.1 Å². The Morgan fingerprint density at radius 3 is 1.97 bits per heavy atom. The molecule has 0 saturated carbocycles. The van der Waals surface area contributed by atoms with Crippen molar-refractivity contribution in [2.45, 2.75) is 67.5 Å². The zero-order valence-electron chi connectivity index (χ0n) is 20.0. The fourth-order valence-corrected chi connectivity index (χ4v) is 5.00. The van der Waals surface area contributed by atoms with Gasteiger partial charge in [0.2, 0.25) is 10.0 Å². The van der Waals surface area contributed by atoms with E-state index in [9.17, 15) is 43.9 Å². The second-order valence-corrected chi connectivity index (χ2v) is 10.6. The molecule has 0 aromatic heterocycles. The maximum absolute atomic E-state index is 14.1. The highest BCUT2D eigenvalue weighted by Gasteiger charge is 2.71. The van der Waals surface area contributed by atoms with Crippen molar-refractivity contribution in [1.82, 2.24) is 4.72 Å². The summed E-state index contributed by atoms with van der Waals surface area (Å²) in [4.78, 5) is 11.0. The molecule has 38 heavy (non-hydrogen) atoms.